The fourth-order valence-electron chi connectivity index (χ4n) is 5.73. The van der Waals surface area contributed by atoms with Gasteiger partial charge in [-0.25, -0.2) is 0 Å². The highest BCUT2D eigenvalue weighted by atomic mass is 16.5. The summed E-state index contributed by atoms with van der Waals surface area (Å²) >= 11 is 0. The van der Waals surface area contributed by atoms with Crippen LogP contribution in [0.3, 0.4) is 0 Å². The van der Waals surface area contributed by atoms with Crippen LogP contribution in [-0.2, 0) is 36.8 Å². The molecule has 8 N–H and O–H groups in total. The van der Waals surface area contributed by atoms with Crippen molar-refractivity contribution < 1.29 is 23.9 Å². The molecular formula is C37H57N7O6. The van der Waals surface area contributed by atoms with Gasteiger partial charge in [-0.3, -0.25) is 24.6 Å². The van der Waals surface area contributed by atoms with Gasteiger partial charge in [0.25, 0.3) is 0 Å². The average molecular weight is 696 g/mol. The Balaban J connectivity index is 0.00000205. The molecule has 2 aromatic carbocycles. The van der Waals surface area contributed by atoms with Crippen molar-refractivity contribution in [2.75, 3.05) is 26.8 Å². The second-order valence-electron chi connectivity index (χ2n) is 13.1. The third-order valence-electron chi connectivity index (χ3n) is 8.47. The summed E-state index contributed by atoms with van der Waals surface area (Å²) in [7, 11) is 1.45. The zero-order valence-corrected chi connectivity index (χ0v) is 29.8. The quantitative estimate of drug-likeness (QED) is 0.0683. The van der Waals surface area contributed by atoms with Gasteiger partial charge in [-0.15, -0.1) is 4.91 Å². The lowest BCUT2D eigenvalue weighted by molar-refractivity contribution is -0.134. The summed E-state index contributed by atoms with van der Waals surface area (Å²) in [5, 5.41) is 10.9. The predicted octanol–water partition coefficient (Wildman–Crippen LogP) is 2.70. The molecule has 276 valence electrons. The van der Waals surface area contributed by atoms with Crippen molar-refractivity contribution in [2.45, 2.75) is 95.8 Å². The molecule has 13 nitrogen and oxygen atoms in total. The molecule has 1 saturated heterocycles. The first kappa shape index (κ1) is 42.0. The van der Waals surface area contributed by atoms with E-state index >= 15 is 0 Å². The summed E-state index contributed by atoms with van der Waals surface area (Å²) in [6, 6.07) is 15.4. The van der Waals surface area contributed by atoms with Gasteiger partial charge in [-0.05, 0) is 74.5 Å². The molecule has 0 unspecified atom stereocenters. The number of benzene rings is 2. The Bertz CT molecular complexity index is 1290. The molecule has 2 aromatic rings. The number of amides is 3. The van der Waals surface area contributed by atoms with E-state index in [0.717, 1.165) is 30.4 Å². The Hall–Kier alpha value is -4.20. The van der Waals surface area contributed by atoms with Crippen molar-refractivity contribution in [1.82, 2.24) is 21.4 Å². The van der Waals surface area contributed by atoms with Crippen LogP contribution in [0.5, 0.6) is 0 Å². The highest BCUT2D eigenvalue weighted by Crippen LogP contribution is 2.21. The Morgan fingerprint density at radius 3 is 1.86 bits per heavy atom. The minimum absolute atomic E-state index is 0.00600. The molecule has 4 atom stereocenters. The number of carbonyl (C=O) groups is 4. The minimum Gasteiger partial charge on any atom is -0.381 e. The normalized spacial score (nSPS) is 15.3. The summed E-state index contributed by atoms with van der Waals surface area (Å²) in [5.41, 5.74) is 15.7. The summed E-state index contributed by atoms with van der Waals surface area (Å²) in [6.07, 6.45) is 4.87. The smallest absolute Gasteiger partial charge is 0.243 e. The van der Waals surface area contributed by atoms with Crippen molar-refractivity contribution in [3.8, 4) is 0 Å². The van der Waals surface area contributed by atoms with Gasteiger partial charge in [0.15, 0.2) is 5.78 Å². The van der Waals surface area contributed by atoms with Crippen LogP contribution < -0.4 is 32.8 Å². The zero-order valence-electron chi connectivity index (χ0n) is 29.8. The van der Waals surface area contributed by atoms with Gasteiger partial charge in [0.1, 0.15) is 12.1 Å². The van der Waals surface area contributed by atoms with E-state index in [4.69, 9.17) is 21.1 Å². The number of nitrogens with zero attached hydrogens (tertiary/aromatic N) is 1. The fraction of sp³-hybridized carbons (Fsp3) is 0.568. The molecule has 0 bridgehead atoms. The van der Waals surface area contributed by atoms with Gasteiger partial charge in [-0.2, -0.15) is 0 Å². The minimum atomic E-state index is -0.963. The lowest BCUT2D eigenvalue weighted by atomic mass is 9.90. The van der Waals surface area contributed by atoms with Gasteiger partial charge in [-0.1, -0.05) is 74.5 Å². The van der Waals surface area contributed by atoms with E-state index in [0.29, 0.717) is 51.9 Å². The highest BCUT2D eigenvalue weighted by Gasteiger charge is 2.31. The summed E-state index contributed by atoms with van der Waals surface area (Å²) in [6.45, 7) is 5.72. The van der Waals surface area contributed by atoms with Crippen LogP contribution in [0.2, 0.25) is 0 Å². The molecule has 0 aromatic heterocycles. The number of nitrogens with one attached hydrogen (secondary N) is 4. The number of hydrogen-bond acceptors (Lipinski definition) is 9. The van der Waals surface area contributed by atoms with E-state index < -0.39 is 41.9 Å². The van der Waals surface area contributed by atoms with Gasteiger partial charge in [0.2, 0.25) is 17.7 Å². The SMILES string of the molecule is CC(C)C[C@@H](NC(=O)[C@@H](Cc1ccccc1)NC(=O)[C@H](N)Cc1ccccc1)C(=O)N[C@H](CCCCN)C(=O)CC1CCOCC1.CNN=O. The van der Waals surface area contributed by atoms with Gasteiger partial charge >= 0.3 is 0 Å². The zero-order chi connectivity index (χ0) is 36.7. The van der Waals surface area contributed by atoms with Crippen LogP contribution in [-0.4, -0.2) is 74.5 Å². The van der Waals surface area contributed by atoms with Crippen molar-refractivity contribution >= 4 is 23.5 Å². The van der Waals surface area contributed by atoms with Crippen molar-refractivity contribution in [3.63, 3.8) is 0 Å². The molecule has 0 saturated carbocycles. The molecule has 0 radical (unpaired) electrons. The molecular weight excluding hydrogens is 638 g/mol. The van der Waals surface area contributed by atoms with Crippen molar-refractivity contribution in [1.29, 1.82) is 0 Å². The highest BCUT2D eigenvalue weighted by molar-refractivity contribution is 5.95. The van der Waals surface area contributed by atoms with E-state index in [1.807, 2.05) is 79.9 Å². The number of Topliss-reactive ketones (excluding diaryl/α,β-unsaturated/α-hetero) is 1. The average Bonchev–Trinajstić information content (AvgIpc) is 3.11. The van der Waals surface area contributed by atoms with Crippen LogP contribution in [0.1, 0.15) is 69.9 Å². The number of rotatable bonds is 20. The lowest BCUT2D eigenvalue weighted by Gasteiger charge is -2.28. The Kier molecular flexibility index (Phi) is 20.2. The third kappa shape index (κ3) is 16.5. The summed E-state index contributed by atoms with van der Waals surface area (Å²) < 4.78 is 5.44. The van der Waals surface area contributed by atoms with Crippen LogP contribution in [0, 0.1) is 16.7 Å². The number of carbonyl (C=O) groups excluding carboxylic acids is 4. The van der Waals surface area contributed by atoms with E-state index in [2.05, 4.69) is 21.2 Å². The summed E-state index contributed by atoms with van der Waals surface area (Å²) in [5.74, 6) is -1.05. The molecule has 1 aliphatic heterocycles. The molecule has 3 amide bonds. The monoisotopic (exact) mass is 695 g/mol. The Morgan fingerprint density at radius 2 is 1.32 bits per heavy atom. The number of unbranched alkanes of at least 4 members (excludes halogenated alkanes) is 1. The van der Waals surface area contributed by atoms with Crippen LogP contribution in [0.25, 0.3) is 0 Å². The van der Waals surface area contributed by atoms with Crippen molar-refractivity contribution in [3.05, 3.63) is 76.7 Å². The van der Waals surface area contributed by atoms with E-state index in [9.17, 15) is 19.2 Å². The number of ketones is 1. The maximum atomic E-state index is 13.8. The maximum Gasteiger partial charge on any atom is 0.243 e. The third-order valence-corrected chi connectivity index (χ3v) is 8.47. The standard InChI is InChI=1S/C36H53N5O5.CH4N2O/c1-25(2)21-31(35(44)39-30(15-9-10-18-37)33(42)24-28-16-19-46-20-17-28)41-36(45)32(23-27-13-7-4-8-14-27)40-34(43)29(38)22-26-11-5-3-6-12-26;1-2-3-4/h3-8,11-14,25,28-32H,9-10,15-24,37-38H2,1-2H3,(H,39,44)(H,40,43)(H,41,45);1H3,(H,2,4)/t29-,30-,31-,32-;/m1./s1. The molecule has 1 aliphatic rings. The van der Waals surface area contributed by atoms with Crippen LogP contribution in [0.4, 0.5) is 0 Å². The van der Waals surface area contributed by atoms with Gasteiger partial charge in [0.05, 0.1) is 12.1 Å². The molecule has 0 aliphatic carbocycles. The molecule has 0 spiro atoms. The van der Waals surface area contributed by atoms with E-state index in [1.54, 1.807) is 0 Å². The van der Waals surface area contributed by atoms with E-state index in [1.165, 1.54) is 7.05 Å². The topological polar surface area (TPSA) is 207 Å². The van der Waals surface area contributed by atoms with Gasteiger partial charge < -0.3 is 32.2 Å². The lowest BCUT2D eigenvalue weighted by Crippen LogP contribution is -2.58. The molecule has 1 heterocycles. The number of nitroso groups, excluding NO2 is 1. The van der Waals surface area contributed by atoms with Gasteiger partial charge in [0, 0.05) is 38.4 Å². The Labute approximate surface area is 296 Å². The predicted molar refractivity (Wildman–Crippen MR) is 194 cm³/mol. The number of ether oxygens (including phenoxy) is 1. The molecule has 50 heavy (non-hydrogen) atoms. The first-order valence-corrected chi connectivity index (χ1v) is 17.6. The van der Waals surface area contributed by atoms with Crippen LogP contribution in [0.15, 0.2) is 65.9 Å². The van der Waals surface area contributed by atoms with Crippen molar-refractivity contribution in [2.24, 2.45) is 28.6 Å². The largest absolute Gasteiger partial charge is 0.381 e. The fourth-order valence-corrected chi connectivity index (χ4v) is 5.73. The van der Waals surface area contributed by atoms with E-state index in [-0.39, 0.29) is 24.0 Å². The second-order valence-corrected chi connectivity index (χ2v) is 13.1. The Morgan fingerprint density at radius 1 is 0.800 bits per heavy atom. The maximum absolute atomic E-state index is 13.8. The second kappa shape index (κ2) is 24.0. The molecule has 1 fully saturated rings. The first-order chi connectivity index (χ1) is 24.1. The van der Waals surface area contributed by atoms with Crippen LogP contribution >= 0.6 is 0 Å². The molecule has 13 heteroatoms. The number of hydrogen-bond donors (Lipinski definition) is 6. The first-order valence-electron chi connectivity index (χ1n) is 17.6. The summed E-state index contributed by atoms with van der Waals surface area (Å²) in [4.78, 5) is 63.0. The number of nitrogens with two attached hydrogens (primary N) is 2. The molecule has 3 rings (SSSR count).